The second-order valence-corrected chi connectivity index (χ2v) is 9.90. The third-order valence-electron chi connectivity index (χ3n) is 6.73. The maximum absolute atomic E-state index is 5.72. The predicted molar refractivity (Wildman–Crippen MR) is 117 cm³/mol. The number of hydrogen-bond donors (Lipinski definition) is 1. The van der Waals surface area contributed by atoms with Crippen LogP contribution in [0.3, 0.4) is 0 Å². The van der Waals surface area contributed by atoms with Crippen molar-refractivity contribution in [2.45, 2.75) is 99.0 Å². The van der Waals surface area contributed by atoms with E-state index in [0.717, 1.165) is 43.0 Å². The summed E-state index contributed by atoms with van der Waals surface area (Å²) in [5.41, 5.74) is 7.56. The average molecular weight is 382 g/mol. The van der Waals surface area contributed by atoms with Crippen LogP contribution in [0, 0.1) is 23.2 Å². The minimum absolute atomic E-state index is 0.105. The van der Waals surface area contributed by atoms with Crippen molar-refractivity contribution in [1.82, 2.24) is 0 Å². The van der Waals surface area contributed by atoms with Crippen LogP contribution in [0.1, 0.15) is 92.9 Å². The third kappa shape index (κ3) is 9.00. The molecule has 0 saturated heterocycles. The number of methoxy groups -OCH3 is 1. The van der Waals surface area contributed by atoms with Crippen molar-refractivity contribution in [3.05, 3.63) is 11.3 Å². The minimum Gasteiger partial charge on any atom is -0.501 e. The summed E-state index contributed by atoms with van der Waals surface area (Å²) in [5, 5.41) is 0. The Kier molecular flexibility index (Phi) is 11.0. The van der Waals surface area contributed by atoms with Gasteiger partial charge in [0.15, 0.2) is 0 Å². The molecule has 3 heteroatoms. The Morgan fingerprint density at radius 3 is 2.48 bits per heavy atom. The second-order valence-electron chi connectivity index (χ2n) is 9.90. The Bertz CT molecular complexity index is 442. The first-order valence-corrected chi connectivity index (χ1v) is 11.2. The van der Waals surface area contributed by atoms with E-state index in [9.17, 15) is 0 Å². The molecule has 0 aromatic carbocycles. The van der Waals surface area contributed by atoms with Crippen LogP contribution >= 0.6 is 0 Å². The summed E-state index contributed by atoms with van der Waals surface area (Å²) in [5.74, 6) is 3.67. The van der Waals surface area contributed by atoms with Crippen molar-refractivity contribution in [3.8, 4) is 0 Å². The zero-order valence-electron chi connectivity index (χ0n) is 19.3. The second kappa shape index (κ2) is 12.1. The van der Waals surface area contributed by atoms with Crippen LogP contribution in [0.25, 0.3) is 0 Å². The molecule has 1 aliphatic carbocycles. The van der Waals surface area contributed by atoms with E-state index in [0.29, 0.717) is 12.0 Å². The van der Waals surface area contributed by atoms with Gasteiger partial charge < -0.3 is 15.2 Å². The minimum atomic E-state index is 0.105. The van der Waals surface area contributed by atoms with E-state index in [4.69, 9.17) is 15.2 Å². The molecule has 160 valence electrons. The van der Waals surface area contributed by atoms with E-state index in [1.807, 2.05) is 6.92 Å². The quantitative estimate of drug-likeness (QED) is 0.318. The van der Waals surface area contributed by atoms with Crippen molar-refractivity contribution >= 4 is 0 Å². The van der Waals surface area contributed by atoms with Crippen molar-refractivity contribution in [1.29, 1.82) is 0 Å². The molecular weight excluding hydrogens is 334 g/mol. The first-order chi connectivity index (χ1) is 12.7. The third-order valence-corrected chi connectivity index (χ3v) is 6.73. The molecule has 3 unspecified atom stereocenters. The zero-order chi connectivity index (χ0) is 20.4. The average Bonchev–Trinajstić information content (AvgIpc) is 2.58. The van der Waals surface area contributed by atoms with E-state index < -0.39 is 0 Å². The zero-order valence-corrected chi connectivity index (χ0v) is 19.3. The summed E-state index contributed by atoms with van der Waals surface area (Å²) >= 11 is 0. The highest BCUT2D eigenvalue weighted by Crippen LogP contribution is 2.46. The molecule has 3 nitrogen and oxygen atoms in total. The van der Waals surface area contributed by atoms with Crippen LogP contribution in [0.5, 0.6) is 0 Å². The number of rotatable bonds is 12. The summed E-state index contributed by atoms with van der Waals surface area (Å²) in [4.78, 5) is 0. The lowest BCUT2D eigenvalue weighted by Crippen LogP contribution is -2.33. The van der Waals surface area contributed by atoms with Crippen molar-refractivity contribution in [3.63, 3.8) is 0 Å². The lowest BCUT2D eigenvalue weighted by atomic mass is 9.62. The Labute approximate surface area is 169 Å². The van der Waals surface area contributed by atoms with E-state index in [2.05, 4.69) is 34.6 Å². The van der Waals surface area contributed by atoms with Crippen LogP contribution in [0.2, 0.25) is 0 Å². The van der Waals surface area contributed by atoms with Crippen LogP contribution < -0.4 is 5.73 Å². The van der Waals surface area contributed by atoms with Gasteiger partial charge in [-0.3, -0.25) is 0 Å². The van der Waals surface area contributed by atoms with Crippen LogP contribution in [-0.2, 0) is 9.47 Å². The molecule has 1 aliphatic rings. The monoisotopic (exact) mass is 381 g/mol. The van der Waals surface area contributed by atoms with Crippen molar-refractivity contribution in [2.24, 2.45) is 28.9 Å². The van der Waals surface area contributed by atoms with Gasteiger partial charge in [-0.1, -0.05) is 47.0 Å². The lowest BCUT2D eigenvalue weighted by molar-refractivity contribution is 0.0706. The first-order valence-electron chi connectivity index (χ1n) is 11.2. The van der Waals surface area contributed by atoms with Gasteiger partial charge in [0, 0.05) is 12.5 Å². The molecule has 27 heavy (non-hydrogen) atoms. The van der Waals surface area contributed by atoms with Gasteiger partial charge in [-0.05, 0) is 68.3 Å². The number of allylic oxidation sites excluding steroid dienone is 1. The molecule has 1 fully saturated rings. The fraction of sp³-hybridized carbons (Fsp3) is 0.917. The Hall–Kier alpha value is -0.540. The van der Waals surface area contributed by atoms with E-state index >= 15 is 0 Å². The molecule has 0 heterocycles. The van der Waals surface area contributed by atoms with E-state index in [1.165, 1.54) is 44.1 Å². The van der Waals surface area contributed by atoms with Crippen molar-refractivity contribution < 1.29 is 9.47 Å². The fourth-order valence-electron chi connectivity index (χ4n) is 4.82. The van der Waals surface area contributed by atoms with Crippen LogP contribution in [-0.4, -0.2) is 26.4 Å². The Balaban J connectivity index is 2.39. The molecule has 4 atom stereocenters. The summed E-state index contributed by atoms with van der Waals surface area (Å²) < 4.78 is 11.3. The molecule has 0 amide bonds. The number of ether oxygens (including phenoxy) is 2. The summed E-state index contributed by atoms with van der Waals surface area (Å²) in [6.07, 6.45) is 10.1. The smallest absolute Gasteiger partial charge is 0.0945 e. The van der Waals surface area contributed by atoms with E-state index in [-0.39, 0.29) is 6.04 Å². The molecule has 0 aromatic rings. The molecule has 0 aromatic heterocycles. The van der Waals surface area contributed by atoms with Gasteiger partial charge in [0.25, 0.3) is 0 Å². The van der Waals surface area contributed by atoms with Crippen molar-refractivity contribution in [2.75, 3.05) is 20.3 Å². The lowest BCUT2D eigenvalue weighted by Gasteiger charge is -2.43. The highest BCUT2D eigenvalue weighted by molar-refractivity contribution is 5.06. The molecule has 0 radical (unpaired) electrons. The van der Waals surface area contributed by atoms with Gasteiger partial charge in [0.2, 0.25) is 0 Å². The maximum Gasteiger partial charge on any atom is 0.0945 e. The predicted octanol–water partition coefficient (Wildman–Crippen LogP) is 6.32. The number of hydrogen-bond acceptors (Lipinski definition) is 3. The summed E-state index contributed by atoms with van der Waals surface area (Å²) in [7, 11) is 1.80. The van der Waals surface area contributed by atoms with Crippen LogP contribution in [0.15, 0.2) is 11.3 Å². The van der Waals surface area contributed by atoms with Gasteiger partial charge >= 0.3 is 0 Å². The van der Waals surface area contributed by atoms with Gasteiger partial charge in [-0.2, -0.15) is 0 Å². The molecule has 0 bridgehead atoms. The summed E-state index contributed by atoms with van der Waals surface area (Å²) in [6.45, 7) is 15.4. The molecular formula is C24H47NO2. The Morgan fingerprint density at radius 2 is 1.89 bits per heavy atom. The largest absolute Gasteiger partial charge is 0.501 e. The van der Waals surface area contributed by atoms with E-state index in [1.54, 1.807) is 7.11 Å². The van der Waals surface area contributed by atoms with Gasteiger partial charge in [0.1, 0.15) is 0 Å². The summed E-state index contributed by atoms with van der Waals surface area (Å²) in [6, 6.07) is 0.105. The van der Waals surface area contributed by atoms with Gasteiger partial charge in [0.05, 0.1) is 26.1 Å². The molecule has 2 N–H and O–H groups in total. The molecule has 0 aliphatic heterocycles. The standard InChI is InChI=1S/C24H47NO2/c1-18(10-12-22-19(2)9-8-15-24(22,5)6)11-13-23(26-7)20(3)14-16-27-17-21(4)25/h18-19,21-22H,8-17,25H2,1-7H3/b23-20-/t18?,19?,21-,22?/m1/s1. The molecule has 0 spiro atoms. The molecule has 1 rings (SSSR count). The van der Waals surface area contributed by atoms with Crippen LogP contribution in [0.4, 0.5) is 0 Å². The highest BCUT2D eigenvalue weighted by Gasteiger charge is 2.36. The maximum atomic E-state index is 5.72. The SMILES string of the molecule is CO/C(CCC(C)CCC1C(C)CCCC1(C)C)=C(/C)CCOC[C@@H](C)N. The van der Waals surface area contributed by atoms with Gasteiger partial charge in [-0.15, -0.1) is 0 Å². The topological polar surface area (TPSA) is 44.5 Å². The highest BCUT2D eigenvalue weighted by atomic mass is 16.5. The Morgan fingerprint density at radius 1 is 1.19 bits per heavy atom. The molecule has 1 saturated carbocycles. The first kappa shape index (κ1) is 24.5. The van der Waals surface area contributed by atoms with Gasteiger partial charge in [-0.25, -0.2) is 0 Å². The number of nitrogens with two attached hydrogens (primary N) is 1. The normalized spacial score (nSPS) is 25.6. The fourth-order valence-corrected chi connectivity index (χ4v) is 4.82.